The molecule has 0 N–H and O–H groups in total. The van der Waals surface area contributed by atoms with Gasteiger partial charge in [0.25, 0.3) is 0 Å². The molecule has 0 nitrogen and oxygen atoms in total. The van der Waals surface area contributed by atoms with E-state index >= 15 is 0 Å². The van der Waals surface area contributed by atoms with Gasteiger partial charge >= 0.3 is 0 Å². The summed E-state index contributed by atoms with van der Waals surface area (Å²) in [4.78, 5) is 0. The summed E-state index contributed by atoms with van der Waals surface area (Å²) in [6.07, 6.45) is 69.6. The second-order valence-corrected chi connectivity index (χ2v) is 23.7. The van der Waals surface area contributed by atoms with Gasteiger partial charge in [-0.25, -0.2) is 0 Å². The van der Waals surface area contributed by atoms with Gasteiger partial charge in [0.15, 0.2) is 0 Å². The molecule has 1 aromatic carbocycles. The van der Waals surface area contributed by atoms with Crippen molar-refractivity contribution in [3.8, 4) is 0 Å². The largest absolute Gasteiger partial charge is 1.00 e. The Morgan fingerprint density at radius 2 is 0.525 bits per heavy atom. The lowest BCUT2D eigenvalue weighted by molar-refractivity contribution is -0.0000128. The Bertz CT molecular complexity index is 860. The Balaban J connectivity index is 0.0000336. The van der Waals surface area contributed by atoms with Crippen LogP contribution in [0.25, 0.3) is 6.08 Å². The molecule has 0 amide bonds. The molecule has 1 rings (SSSR count). The molecular weight excluding hydrogens is 751 g/mol. The van der Waals surface area contributed by atoms with E-state index in [1.165, 1.54) is 281 Å². The minimum absolute atomic E-state index is 0. The zero-order valence-corrected chi connectivity index (χ0v) is 42.6. The van der Waals surface area contributed by atoms with Crippen LogP contribution in [0.3, 0.4) is 0 Å². The highest BCUT2D eigenvalue weighted by atomic mass is 35.5. The average Bonchev–Trinajstić information content (AvgIpc) is 3.24. The van der Waals surface area contributed by atoms with E-state index in [2.05, 4.69) is 51.6 Å². The first kappa shape index (κ1) is 58.7. The molecule has 0 atom stereocenters. The lowest BCUT2D eigenvalue weighted by Gasteiger charge is -2.29. The summed E-state index contributed by atoms with van der Waals surface area (Å²) in [7, 11) is -1.02. The zero-order chi connectivity index (χ0) is 41.7. The van der Waals surface area contributed by atoms with Crippen LogP contribution in [0, 0.1) is 0 Å². The van der Waals surface area contributed by atoms with Gasteiger partial charge in [-0.1, -0.05) is 289 Å². The molecule has 0 heterocycles. The summed E-state index contributed by atoms with van der Waals surface area (Å²) >= 11 is 0. The Hall–Kier alpha value is -0.320. The molecule has 0 bridgehead atoms. The van der Waals surface area contributed by atoms with Crippen molar-refractivity contribution < 1.29 is 12.4 Å². The van der Waals surface area contributed by atoms with E-state index in [0.29, 0.717) is 0 Å². The van der Waals surface area contributed by atoms with E-state index in [1.807, 2.05) is 6.08 Å². The first-order valence-electron chi connectivity index (χ1n) is 27.3. The molecular formula is C57H108ClP. The SMILES string of the molecule is C=Cc1ccc(C[P+](CCCCCCCCCCCCCCCC)(CCCCCCCCCCCCCCCC)CCCCCCCCCCCCCCCC)cc1.[Cl-]. The Labute approximate surface area is 381 Å². The lowest BCUT2D eigenvalue weighted by atomic mass is 10.0. The average molecular weight is 860 g/mol. The van der Waals surface area contributed by atoms with Gasteiger partial charge in [-0.2, -0.15) is 0 Å². The molecule has 0 aliphatic rings. The molecule has 0 aliphatic carbocycles. The maximum absolute atomic E-state index is 4.05. The maximum Gasteiger partial charge on any atom is 0.0842 e. The van der Waals surface area contributed by atoms with E-state index in [0.717, 1.165) is 0 Å². The normalized spacial score (nSPS) is 11.6. The van der Waals surface area contributed by atoms with Crippen LogP contribution in [0.4, 0.5) is 0 Å². The third kappa shape index (κ3) is 39.0. The predicted octanol–water partition coefficient (Wildman–Crippen LogP) is 18.3. The Kier molecular flexibility index (Phi) is 46.9. The second kappa shape index (κ2) is 47.2. The third-order valence-electron chi connectivity index (χ3n) is 13.7. The van der Waals surface area contributed by atoms with E-state index < -0.39 is 7.26 Å². The molecule has 1 aromatic rings. The van der Waals surface area contributed by atoms with Crippen molar-refractivity contribution in [1.82, 2.24) is 0 Å². The van der Waals surface area contributed by atoms with E-state index in [1.54, 1.807) is 24.0 Å². The number of benzene rings is 1. The van der Waals surface area contributed by atoms with E-state index in [-0.39, 0.29) is 12.4 Å². The fourth-order valence-electron chi connectivity index (χ4n) is 9.64. The monoisotopic (exact) mass is 859 g/mol. The van der Waals surface area contributed by atoms with Crippen LogP contribution in [0.5, 0.6) is 0 Å². The Morgan fingerprint density at radius 1 is 0.322 bits per heavy atom. The predicted molar refractivity (Wildman–Crippen MR) is 273 cm³/mol. The number of halogens is 1. The van der Waals surface area contributed by atoms with Crippen LogP contribution in [0.2, 0.25) is 0 Å². The second-order valence-electron chi connectivity index (χ2n) is 19.4. The van der Waals surface area contributed by atoms with Gasteiger partial charge in [-0.15, -0.1) is 0 Å². The first-order valence-corrected chi connectivity index (χ1v) is 29.8. The van der Waals surface area contributed by atoms with Gasteiger partial charge in [-0.05, 0) is 49.7 Å². The smallest absolute Gasteiger partial charge is 0.0842 e. The summed E-state index contributed by atoms with van der Waals surface area (Å²) in [5.41, 5.74) is 2.90. The molecule has 0 aliphatic heterocycles. The van der Waals surface area contributed by atoms with E-state index in [4.69, 9.17) is 0 Å². The Morgan fingerprint density at radius 3 is 0.729 bits per heavy atom. The first-order chi connectivity index (χ1) is 28.7. The van der Waals surface area contributed by atoms with Gasteiger partial charge < -0.3 is 12.4 Å². The summed E-state index contributed by atoms with van der Waals surface area (Å²) in [5, 5.41) is 0. The fraction of sp³-hybridized carbons (Fsp3) is 0.860. The quantitative estimate of drug-likeness (QED) is 0.0452. The molecule has 0 spiro atoms. The summed E-state index contributed by atoms with van der Waals surface area (Å²) < 4.78 is 0. The van der Waals surface area contributed by atoms with Crippen molar-refractivity contribution in [3.05, 3.63) is 42.0 Å². The molecule has 0 saturated heterocycles. The molecule has 0 fully saturated rings. The molecule has 348 valence electrons. The van der Waals surface area contributed by atoms with Gasteiger partial charge in [-0.3, -0.25) is 0 Å². The summed E-state index contributed by atoms with van der Waals surface area (Å²) in [5.74, 6) is 0. The molecule has 59 heavy (non-hydrogen) atoms. The molecule has 0 unspecified atom stereocenters. The van der Waals surface area contributed by atoms with Crippen LogP contribution < -0.4 is 12.4 Å². The van der Waals surface area contributed by atoms with Gasteiger partial charge in [0.05, 0.1) is 24.6 Å². The van der Waals surface area contributed by atoms with Gasteiger partial charge in [0.2, 0.25) is 0 Å². The topological polar surface area (TPSA) is 0 Å². The van der Waals surface area contributed by atoms with Gasteiger partial charge in [0.1, 0.15) is 0 Å². The van der Waals surface area contributed by atoms with Crippen molar-refractivity contribution >= 4 is 13.3 Å². The van der Waals surface area contributed by atoms with Gasteiger partial charge in [0, 0.05) is 7.26 Å². The van der Waals surface area contributed by atoms with Crippen molar-refractivity contribution in [3.63, 3.8) is 0 Å². The number of hydrogen-bond donors (Lipinski definition) is 0. The number of hydrogen-bond acceptors (Lipinski definition) is 0. The highest BCUT2D eigenvalue weighted by Gasteiger charge is 2.36. The van der Waals surface area contributed by atoms with Crippen LogP contribution in [-0.4, -0.2) is 18.5 Å². The van der Waals surface area contributed by atoms with Crippen molar-refractivity contribution in [2.45, 2.75) is 297 Å². The van der Waals surface area contributed by atoms with Crippen LogP contribution in [0.15, 0.2) is 30.8 Å². The lowest BCUT2D eigenvalue weighted by Crippen LogP contribution is -3.00. The summed E-state index contributed by atoms with van der Waals surface area (Å²) in [6, 6.07) is 9.60. The fourth-order valence-corrected chi connectivity index (χ4v) is 14.5. The molecule has 0 aromatic heterocycles. The molecule has 2 heteroatoms. The van der Waals surface area contributed by atoms with Crippen molar-refractivity contribution in [1.29, 1.82) is 0 Å². The maximum atomic E-state index is 4.05. The highest BCUT2D eigenvalue weighted by Crippen LogP contribution is 2.63. The van der Waals surface area contributed by atoms with Crippen LogP contribution in [0.1, 0.15) is 302 Å². The number of unbranched alkanes of at least 4 members (excludes halogenated alkanes) is 39. The van der Waals surface area contributed by atoms with Crippen LogP contribution in [-0.2, 0) is 6.16 Å². The minimum Gasteiger partial charge on any atom is -1.00 e. The molecule has 0 radical (unpaired) electrons. The summed E-state index contributed by atoms with van der Waals surface area (Å²) in [6.45, 7) is 11.0. The standard InChI is InChI=1S/C57H108P.ClH/c1-5-9-12-15-18-21-24-27-30-33-36-39-42-45-52-58(55-57-50-48-56(8-4)49-51-57,53-46-43-40-37-34-31-28-25-22-19-16-13-10-6-2)54-47-44-41-38-35-32-29-26-23-20-17-14-11-7-3;/h8,48-51H,4-7,9-47,52-55H2,1-3H3;1H/q+1;/p-1. The van der Waals surface area contributed by atoms with E-state index in [9.17, 15) is 0 Å². The third-order valence-corrected chi connectivity index (χ3v) is 18.5. The van der Waals surface area contributed by atoms with Crippen LogP contribution >= 0.6 is 7.26 Å². The van der Waals surface area contributed by atoms with Crippen molar-refractivity contribution in [2.24, 2.45) is 0 Å². The highest BCUT2D eigenvalue weighted by molar-refractivity contribution is 7.75. The zero-order valence-electron chi connectivity index (χ0n) is 40.9. The van der Waals surface area contributed by atoms with Crippen molar-refractivity contribution in [2.75, 3.05) is 18.5 Å². The molecule has 0 saturated carbocycles. The number of rotatable bonds is 48. The minimum atomic E-state index is -1.02.